The largest absolute Gasteiger partial charge is 0.333 e. The van der Waals surface area contributed by atoms with Crippen molar-refractivity contribution in [1.29, 1.82) is 0 Å². The van der Waals surface area contributed by atoms with Gasteiger partial charge in [-0.15, -0.1) is 0 Å². The molecule has 2 rings (SSSR count). The van der Waals surface area contributed by atoms with Crippen LogP contribution < -0.4 is 5.73 Å². The summed E-state index contributed by atoms with van der Waals surface area (Å²) < 4.78 is 2.13. The van der Waals surface area contributed by atoms with E-state index < -0.39 is 0 Å². The number of nitrogens with zero attached hydrogens (tertiary/aromatic N) is 2. The van der Waals surface area contributed by atoms with Gasteiger partial charge in [0.05, 0.1) is 0 Å². The molecule has 0 saturated heterocycles. The third-order valence-corrected chi connectivity index (χ3v) is 2.98. The fraction of sp³-hybridized carbons (Fsp3) is 0.357. The zero-order valence-electron chi connectivity index (χ0n) is 10.4. The zero-order valence-corrected chi connectivity index (χ0v) is 10.4. The molecule has 2 aromatic rings. The molecule has 0 aliphatic carbocycles. The minimum Gasteiger partial charge on any atom is -0.333 e. The Morgan fingerprint density at radius 2 is 2.24 bits per heavy atom. The average Bonchev–Trinajstić information content (AvgIpc) is 2.76. The Morgan fingerprint density at radius 1 is 1.41 bits per heavy atom. The maximum absolute atomic E-state index is 6.23. The molecule has 2 N–H and O–H groups in total. The molecule has 0 aliphatic rings. The molecule has 0 fully saturated rings. The fourth-order valence-corrected chi connectivity index (χ4v) is 2.04. The molecule has 0 radical (unpaired) electrons. The quantitative estimate of drug-likeness (QED) is 0.875. The highest BCUT2D eigenvalue weighted by atomic mass is 15.1. The summed E-state index contributed by atoms with van der Waals surface area (Å²) in [6.45, 7) is 4.98. The lowest BCUT2D eigenvalue weighted by Crippen LogP contribution is -2.18. The molecule has 3 heteroatoms. The molecule has 1 atom stereocenters. The van der Waals surface area contributed by atoms with E-state index in [1.54, 1.807) is 0 Å². The van der Waals surface area contributed by atoms with Crippen LogP contribution in [0.25, 0.3) is 0 Å². The average molecular weight is 229 g/mol. The van der Waals surface area contributed by atoms with Crippen molar-refractivity contribution in [2.75, 3.05) is 0 Å². The van der Waals surface area contributed by atoms with Crippen molar-refractivity contribution in [2.45, 2.75) is 32.9 Å². The lowest BCUT2D eigenvalue weighted by molar-refractivity contribution is 0.557. The van der Waals surface area contributed by atoms with Crippen LogP contribution in [0.1, 0.15) is 29.9 Å². The fourth-order valence-electron chi connectivity index (χ4n) is 2.04. The van der Waals surface area contributed by atoms with Gasteiger partial charge in [-0.25, -0.2) is 4.98 Å². The third-order valence-electron chi connectivity index (χ3n) is 2.98. The summed E-state index contributed by atoms with van der Waals surface area (Å²) in [6, 6.07) is 8.40. The molecule has 0 aliphatic heterocycles. The molecule has 0 saturated carbocycles. The molecule has 1 aromatic carbocycles. The molecule has 3 nitrogen and oxygen atoms in total. The van der Waals surface area contributed by atoms with Crippen molar-refractivity contribution >= 4 is 0 Å². The van der Waals surface area contributed by atoms with Gasteiger partial charge in [-0.2, -0.15) is 0 Å². The van der Waals surface area contributed by atoms with Crippen LogP contribution in [0.15, 0.2) is 36.7 Å². The molecular weight excluding hydrogens is 210 g/mol. The van der Waals surface area contributed by atoms with E-state index in [9.17, 15) is 0 Å². The number of aryl methyl sites for hydroxylation is 2. The number of hydrogen-bond acceptors (Lipinski definition) is 2. The maximum atomic E-state index is 6.23. The Labute approximate surface area is 102 Å². The van der Waals surface area contributed by atoms with Gasteiger partial charge in [0.2, 0.25) is 0 Å². The van der Waals surface area contributed by atoms with Crippen LogP contribution in [0.3, 0.4) is 0 Å². The van der Waals surface area contributed by atoms with Crippen LogP contribution >= 0.6 is 0 Å². The monoisotopic (exact) mass is 229 g/mol. The van der Waals surface area contributed by atoms with E-state index in [1.807, 2.05) is 12.4 Å². The number of aromatic nitrogens is 2. The minimum atomic E-state index is 0.0226. The van der Waals surface area contributed by atoms with Crippen molar-refractivity contribution < 1.29 is 0 Å². The van der Waals surface area contributed by atoms with Crippen molar-refractivity contribution in [3.8, 4) is 0 Å². The molecule has 1 heterocycles. The minimum absolute atomic E-state index is 0.0226. The predicted octanol–water partition coefficient (Wildman–Crippen LogP) is 2.45. The number of hydrogen-bond donors (Lipinski definition) is 1. The van der Waals surface area contributed by atoms with Gasteiger partial charge in [0.1, 0.15) is 5.82 Å². The Bertz CT molecular complexity index is 488. The van der Waals surface area contributed by atoms with Crippen molar-refractivity contribution in [3.05, 3.63) is 53.6 Å². The van der Waals surface area contributed by atoms with Gasteiger partial charge < -0.3 is 10.3 Å². The number of benzene rings is 1. The van der Waals surface area contributed by atoms with Gasteiger partial charge in [-0.3, -0.25) is 0 Å². The first-order valence-electron chi connectivity index (χ1n) is 6.03. The highest BCUT2D eigenvalue weighted by Crippen LogP contribution is 2.15. The summed E-state index contributed by atoms with van der Waals surface area (Å²) >= 11 is 0. The van der Waals surface area contributed by atoms with E-state index in [0.29, 0.717) is 0 Å². The van der Waals surface area contributed by atoms with Crippen LogP contribution in [-0.2, 0) is 13.0 Å². The highest BCUT2D eigenvalue weighted by molar-refractivity contribution is 5.24. The summed E-state index contributed by atoms with van der Waals surface area (Å²) in [4.78, 5) is 4.31. The zero-order chi connectivity index (χ0) is 12.3. The van der Waals surface area contributed by atoms with Crippen molar-refractivity contribution in [3.63, 3.8) is 0 Å². The number of nitrogens with two attached hydrogens (primary N) is 1. The standard InChI is InChI=1S/C14H19N3/c1-3-14-16-7-8-17(14)10-13(15)12-6-4-5-11(2)9-12/h4-9,13H,3,10,15H2,1-2H3. The van der Waals surface area contributed by atoms with Crippen LogP contribution in [0, 0.1) is 6.92 Å². The van der Waals surface area contributed by atoms with E-state index in [2.05, 4.69) is 47.7 Å². The number of rotatable bonds is 4. The van der Waals surface area contributed by atoms with Gasteiger partial charge in [0.25, 0.3) is 0 Å². The SMILES string of the molecule is CCc1nccn1CC(N)c1cccc(C)c1. The van der Waals surface area contributed by atoms with Crippen LogP contribution in [-0.4, -0.2) is 9.55 Å². The number of imidazole rings is 1. The Kier molecular flexibility index (Phi) is 3.59. The van der Waals surface area contributed by atoms with Crippen LogP contribution in [0.5, 0.6) is 0 Å². The first-order chi connectivity index (χ1) is 8.20. The summed E-state index contributed by atoms with van der Waals surface area (Å²) in [6.07, 6.45) is 4.77. The molecule has 17 heavy (non-hydrogen) atoms. The Hall–Kier alpha value is -1.61. The van der Waals surface area contributed by atoms with E-state index >= 15 is 0 Å². The third kappa shape index (κ3) is 2.74. The van der Waals surface area contributed by atoms with Gasteiger partial charge in [-0.1, -0.05) is 36.8 Å². The lowest BCUT2D eigenvalue weighted by atomic mass is 10.1. The Morgan fingerprint density at radius 3 is 2.94 bits per heavy atom. The maximum Gasteiger partial charge on any atom is 0.108 e. The molecule has 1 unspecified atom stereocenters. The predicted molar refractivity (Wildman–Crippen MR) is 69.7 cm³/mol. The highest BCUT2D eigenvalue weighted by Gasteiger charge is 2.09. The van der Waals surface area contributed by atoms with Gasteiger partial charge in [0.15, 0.2) is 0 Å². The molecule has 90 valence electrons. The second-order valence-corrected chi connectivity index (χ2v) is 4.37. The molecule has 0 amide bonds. The first kappa shape index (κ1) is 11.9. The smallest absolute Gasteiger partial charge is 0.108 e. The molecule has 0 spiro atoms. The second-order valence-electron chi connectivity index (χ2n) is 4.37. The van der Waals surface area contributed by atoms with Crippen molar-refractivity contribution in [1.82, 2.24) is 9.55 Å². The molecule has 0 bridgehead atoms. The normalized spacial score (nSPS) is 12.6. The van der Waals surface area contributed by atoms with Crippen LogP contribution in [0.2, 0.25) is 0 Å². The summed E-state index contributed by atoms with van der Waals surface area (Å²) in [5.74, 6) is 1.09. The van der Waals surface area contributed by atoms with Gasteiger partial charge in [-0.05, 0) is 12.5 Å². The molecule has 1 aromatic heterocycles. The molecular formula is C14H19N3. The summed E-state index contributed by atoms with van der Waals surface area (Å²) in [7, 11) is 0. The topological polar surface area (TPSA) is 43.8 Å². The summed E-state index contributed by atoms with van der Waals surface area (Å²) in [5.41, 5.74) is 8.66. The lowest BCUT2D eigenvalue weighted by Gasteiger charge is -2.15. The van der Waals surface area contributed by atoms with Crippen molar-refractivity contribution in [2.24, 2.45) is 5.73 Å². The second kappa shape index (κ2) is 5.15. The summed E-state index contributed by atoms with van der Waals surface area (Å²) in [5, 5.41) is 0. The first-order valence-corrected chi connectivity index (χ1v) is 6.03. The van der Waals surface area contributed by atoms with E-state index in [-0.39, 0.29) is 6.04 Å². The van der Waals surface area contributed by atoms with E-state index in [0.717, 1.165) is 18.8 Å². The Balaban J connectivity index is 2.14. The van der Waals surface area contributed by atoms with Crippen LogP contribution in [0.4, 0.5) is 0 Å². The van der Waals surface area contributed by atoms with Gasteiger partial charge >= 0.3 is 0 Å². The van der Waals surface area contributed by atoms with Gasteiger partial charge in [0, 0.05) is 31.4 Å². The van der Waals surface area contributed by atoms with E-state index in [4.69, 9.17) is 5.73 Å². The van der Waals surface area contributed by atoms with E-state index in [1.165, 1.54) is 11.1 Å².